The highest BCUT2D eigenvalue weighted by Gasteiger charge is 2.20. The standard InChI is InChI=1S/C16H27N3/c1-13(17)12-14-8-7-11-18-16(14)19(2)15-9-5-3-4-6-10-15/h7-8,11,13,15H,3-6,9-10,12,17H2,1-2H3. The normalized spacial score (nSPS) is 18.9. The lowest BCUT2D eigenvalue weighted by molar-refractivity contribution is 0.547. The van der Waals surface area contributed by atoms with Crippen LogP contribution in [0.25, 0.3) is 0 Å². The molecule has 1 heterocycles. The molecule has 1 fully saturated rings. The second kappa shape index (κ2) is 6.90. The molecule has 106 valence electrons. The van der Waals surface area contributed by atoms with E-state index in [0.717, 1.165) is 12.2 Å². The Balaban J connectivity index is 2.14. The van der Waals surface area contributed by atoms with Gasteiger partial charge in [-0.25, -0.2) is 4.98 Å². The molecule has 2 N–H and O–H groups in total. The number of nitrogens with zero attached hydrogens (tertiary/aromatic N) is 2. The fourth-order valence-corrected chi connectivity index (χ4v) is 3.07. The van der Waals surface area contributed by atoms with Crippen LogP contribution < -0.4 is 10.6 Å². The van der Waals surface area contributed by atoms with E-state index in [9.17, 15) is 0 Å². The average Bonchev–Trinajstić information content (AvgIpc) is 2.67. The van der Waals surface area contributed by atoms with Crippen LogP contribution in [0.3, 0.4) is 0 Å². The number of aromatic nitrogens is 1. The summed E-state index contributed by atoms with van der Waals surface area (Å²) in [5, 5.41) is 0. The zero-order valence-electron chi connectivity index (χ0n) is 12.3. The van der Waals surface area contributed by atoms with Gasteiger partial charge in [-0.2, -0.15) is 0 Å². The lowest BCUT2D eigenvalue weighted by atomic mass is 10.0. The molecular formula is C16H27N3. The molecule has 0 amide bonds. The van der Waals surface area contributed by atoms with Crippen LogP contribution in [0.5, 0.6) is 0 Å². The number of anilines is 1. The molecule has 0 aromatic carbocycles. The number of nitrogens with two attached hydrogens (primary N) is 1. The summed E-state index contributed by atoms with van der Waals surface area (Å²) in [7, 11) is 2.20. The van der Waals surface area contributed by atoms with Crippen LogP contribution in [-0.4, -0.2) is 24.1 Å². The predicted octanol–water partition coefficient (Wildman–Crippen LogP) is 3.13. The van der Waals surface area contributed by atoms with Gasteiger partial charge in [-0.05, 0) is 37.8 Å². The van der Waals surface area contributed by atoms with Gasteiger partial charge < -0.3 is 10.6 Å². The first-order valence-corrected chi connectivity index (χ1v) is 7.61. The van der Waals surface area contributed by atoms with Gasteiger partial charge in [0.2, 0.25) is 0 Å². The van der Waals surface area contributed by atoms with E-state index in [4.69, 9.17) is 5.73 Å². The van der Waals surface area contributed by atoms with Gasteiger partial charge in [0.1, 0.15) is 5.82 Å². The smallest absolute Gasteiger partial charge is 0.131 e. The Morgan fingerprint density at radius 3 is 2.63 bits per heavy atom. The summed E-state index contributed by atoms with van der Waals surface area (Å²) < 4.78 is 0. The number of hydrogen-bond acceptors (Lipinski definition) is 3. The Morgan fingerprint density at radius 2 is 2.00 bits per heavy atom. The molecule has 1 aromatic rings. The van der Waals surface area contributed by atoms with Crippen molar-refractivity contribution in [1.82, 2.24) is 4.98 Å². The van der Waals surface area contributed by atoms with Crippen LogP contribution in [0.1, 0.15) is 51.0 Å². The minimum Gasteiger partial charge on any atom is -0.356 e. The van der Waals surface area contributed by atoms with Crippen molar-refractivity contribution in [3.8, 4) is 0 Å². The van der Waals surface area contributed by atoms with Crippen LogP contribution in [-0.2, 0) is 6.42 Å². The average molecular weight is 261 g/mol. The molecule has 1 atom stereocenters. The Morgan fingerprint density at radius 1 is 1.32 bits per heavy atom. The highest BCUT2D eigenvalue weighted by molar-refractivity contribution is 5.47. The fraction of sp³-hybridized carbons (Fsp3) is 0.688. The molecule has 0 saturated heterocycles. The molecule has 19 heavy (non-hydrogen) atoms. The van der Waals surface area contributed by atoms with Crippen LogP contribution in [0, 0.1) is 0 Å². The Kier molecular flexibility index (Phi) is 5.20. The maximum absolute atomic E-state index is 5.95. The second-order valence-electron chi connectivity index (χ2n) is 5.92. The molecule has 1 aliphatic carbocycles. The molecule has 1 saturated carbocycles. The summed E-state index contributed by atoms with van der Waals surface area (Å²) in [5.74, 6) is 1.13. The van der Waals surface area contributed by atoms with E-state index in [2.05, 4.69) is 29.9 Å². The predicted molar refractivity (Wildman–Crippen MR) is 81.5 cm³/mol. The minimum absolute atomic E-state index is 0.186. The van der Waals surface area contributed by atoms with Crippen LogP contribution in [0.4, 0.5) is 5.82 Å². The molecule has 0 bridgehead atoms. The van der Waals surface area contributed by atoms with Crippen molar-refractivity contribution < 1.29 is 0 Å². The zero-order chi connectivity index (χ0) is 13.7. The SMILES string of the molecule is CC(N)Cc1cccnc1N(C)C1CCCCCC1. The first kappa shape index (κ1) is 14.3. The van der Waals surface area contributed by atoms with E-state index in [-0.39, 0.29) is 6.04 Å². The van der Waals surface area contributed by atoms with Gasteiger partial charge >= 0.3 is 0 Å². The molecule has 3 nitrogen and oxygen atoms in total. The van der Waals surface area contributed by atoms with Crippen molar-refractivity contribution in [2.75, 3.05) is 11.9 Å². The Labute approximate surface area is 117 Å². The van der Waals surface area contributed by atoms with Crippen LogP contribution in [0.15, 0.2) is 18.3 Å². The summed E-state index contributed by atoms with van der Waals surface area (Å²) in [6.45, 7) is 2.06. The van der Waals surface area contributed by atoms with Crippen molar-refractivity contribution in [2.45, 2.75) is 64.0 Å². The second-order valence-corrected chi connectivity index (χ2v) is 5.92. The lowest BCUT2D eigenvalue weighted by Gasteiger charge is -2.30. The third-order valence-corrected chi connectivity index (χ3v) is 4.12. The quantitative estimate of drug-likeness (QED) is 0.847. The maximum Gasteiger partial charge on any atom is 0.131 e. The van der Waals surface area contributed by atoms with Crippen LogP contribution in [0.2, 0.25) is 0 Å². The molecule has 3 heteroatoms. The first-order chi connectivity index (χ1) is 9.18. The van der Waals surface area contributed by atoms with Crippen molar-refractivity contribution in [3.05, 3.63) is 23.9 Å². The Bertz CT molecular complexity index is 381. The van der Waals surface area contributed by atoms with Crippen molar-refractivity contribution in [1.29, 1.82) is 0 Å². The third kappa shape index (κ3) is 3.93. The summed E-state index contributed by atoms with van der Waals surface area (Å²) in [5.41, 5.74) is 7.23. The largest absolute Gasteiger partial charge is 0.356 e. The summed E-state index contributed by atoms with van der Waals surface area (Å²) in [6, 6.07) is 5.01. The van der Waals surface area contributed by atoms with Crippen LogP contribution >= 0.6 is 0 Å². The van der Waals surface area contributed by atoms with Gasteiger partial charge in [-0.3, -0.25) is 0 Å². The minimum atomic E-state index is 0.186. The first-order valence-electron chi connectivity index (χ1n) is 7.61. The molecule has 0 aliphatic heterocycles. The van der Waals surface area contributed by atoms with E-state index < -0.39 is 0 Å². The number of rotatable bonds is 4. The summed E-state index contributed by atoms with van der Waals surface area (Å²) >= 11 is 0. The molecule has 1 unspecified atom stereocenters. The highest BCUT2D eigenvalue weighted by atomic mass is 15.2. The van der Waals surface area contributed by atoms with Gasteiger partial charge in [0.05, 0.1) is 0 Å². The lowest BCUT2D eigenvalue weighted by Crippen LogP contribution is -2.33. The molecule has 0 radical (unpaired) electrons. The van der Waals surface area contributed by atoms with Gasteiger partial charge in [0.15, 0.2) is 0 Å². The monoisotopic (exact) mass is 261 g/mol. The number of hydrogen-bond donors (Lipinski definition) is 1. The molecular weight excluding hydrogens is 234 g/mol. The van der Waals surface area contributed by atoms with Crippen molar-refractivity contribution in [3.63, 3.8) is 0 Å². The molecule has 2 rings (SSSR count). The van der Waals surface area contributed by atoms with Crippen molar-refractivity contribution in [2.24, 2.45) is 5.73 Å². The summed E-state index contributed by atoms with van der Waals surface area (Å²) in [6.07, 6.45) is 10.9. The van der Waals surface area contributed by atoms with E-state index in [1.165, 1.54) is 44.1 Å². The Hall–Kier alpha value is -1.09. The van der Waals surface area contributed by atoms with Gasteiger partial charge in [-0.15, -0.1) is 0 Å². The number of pyridine rings is 1. The fourth-order valence-electron chi connectivity index (χ4n) is 3.07. The summed E-state index contributed by atoms with van der Waals surface area (Å²) in [4.78, 5) is 7.00. The van der Waals surface area contributed by atoms with Gasteiger partial charge in [0, 0.05) is 25.3 Å². The third-order valence-electron chi connectivity index (χ3n) is 4.12. The molecule has 0 spiro atoms. The topological polar surface area (TPSA) is 42.1 Å². The molecule has 1 aromatic heterocycles. The van der Waals surface area contributed by atoms with E-state index in [1.807, 2.05) is 12.3 Å². The van der Waals surface area contributed by atoms with E-state index in [0.29, 0.717) is 6.04 Å². The molecule has 1 aliphatic rings. The highest BCUT2D eigenvalue weighted by Crippen LogP contribution is 2.26. The maximum atomic E-state index is 5.95. The van der Waals surface area contributed by atoms with Gasteiger partial charge in [-0.1, -0.05) is 31.7 Å². The van der Waals surface area contributed by atoms with Crippen molar-refractivity contribution >= 4 is 5.82 Å². The van der Waals surface area contributed by atoms with E-state index >= 15 is 0 Å². The van der Waals surface area contributed by atoms with E-state index in [1.54, 1.807) is 0 Å². The van der Waals surface area contributed by atoms with Gasteiger partial charge in [0.25, 0.3) is 0 Å². The zero-order valence-corrected chi connectivity index (χ0v) is 12.3.